The van der Waals surface area contributed by atoms with Crippen molar-refractivity contribution in [1.29, 1.82) is 0 Å². The molecule has 2 heterocycles. The first-order valence-electron chi connectivity index (χ1n) is 8.36. The molecule has 1 N–H and O–H groups in total. The molecule has 0 spiro atoms. The second-order valence-corrected chi connectivity index (χ2v) is 6.14. The van der Waals surface area contributed by atoms with Gasteiger partial charge in [0, 0.05) is 17.8 Å². The van der Waals surface area contributed by atoms with Gasteiger partial charge in [-0.2, -0.15) is 5.10 Å². The normalized spacial score (nSPS) is 10.9. The fourth-order valence-corrected chi connectivity index (χ4v) is 2.64. The van der Waals surface area contributed by atoms with Gasteiger partial charge in [0.1, 0.15) is 11.5 Å². The van der Waals surface area contributed by atoms with Crippen LogP contribution in [-0.2, 0) is 0 Å². The highest BCUT2D eigenvalue weighted by Gasteiger charge is 2.19. The van der Waals surface area contributed by atoms with Gasteiger partial charge in [-0.15, -0.1) is 5.10 Å². The van der Waals surface area contributed by atoms with Gasteiger partial charge in [-0.3, -0.25) is 14.8 Å². The largest absolute Gasteiger partial charge is 0.497 e. The maximum atomic E-state index is 12.4. The summed E-state index contributed by atoms with van der Waals surface area (Å²) in [5, 5.41) is 14.7. The van der Waals surface area contributed by atoms with Gasteiger partial charge in [-0.25, -0.2) is 0 Å². The number of amides is 1. The highest BCUT2D eigenvalue weighted by molar-refractivity contribution is 6.01. The minimum atomic E-state index is -0.422. The van der Waals surface area contributed by atoms with Crippen LogP contribution >= 0.6 is 0 Å². The van der Waals surface area contributed by atoms with Gasteiger partial charge in [-0.1, -0.05) is 5.10 Å². The summed E-state index contributed by atoms with van der Waals surface area (Å²) in [4.78, 5) is 12.4. The van der Waals surface area contributed by atoms with Gasteiger partial charge in [0.25, 0.3) is 11.8 Å². The monoisotopic (exact) mass is 371 g/mol. The number of nitrogens with zero attached hydrogens (tertiary/aromatic N) is 4. The number of methoxy groups -OCH3 is 2. The van der Waals surface area contributed by atoms with Crippen LogP contribution in [0.25, 0.3) is 11.5 Å². The van der Waals surface area contributed by atoms with Crippen LogP contribution in [-0.4, -0.2) is 40.1 Å². The Morgan fingerprint density at radius 2 is 1.96 bits per heavy atom. The molecule has 0 aliphatic rings. The van der Waals surface area contributed by atoms with E-state index in [1.807, 2.05) is 20.8 Å². The SMILES string of the molecule is COc1ccc(-c2nnc(NC(=O)c3cc(C)n(C(C)C)n3)o2)c(OC)c1. The molecule has 9 nitrogen and oxygen atoms in total. The Kier molecular flexibility index (Phi) is 5.11. The first-order chi connectivity index (χ1) is 12.9. The molecule has 0 bridgehead atoms. The van der Waals surface area contributed by atoms with E-state index in [0.717, 1.165) is 5.69 Å². The summed E-state index contributed by atoms with van der Waals surface area (Å²) in [5.74, 6) is 0.949. The zero-order valence-corrected chi connectivity index (χ0v) is 15.8. The van der Waals surface area contributed by atoms with E-state index in [4.69, 9.17) is 13.9 Å². The Balaban J connectivity index is 1.80. The molecule has 0 saturated carbocycles. The van der Waals surface area contributed by atoms with E-state index in [1.54, 1.807) is 36.1 Å². The number of carbonyl (C=O) groups is 1. The van der Waals surface area contributed by atoms with Crippen molar-refractivity contribution in [3.63, 3.8) is 0 Å². The van der Waals surface area contributed by atoms with E-state index in [2.05, 4.69) is 20.6 Å². The quantitative estimate of drug-likeness (QED) is 0.710. The van der Waals surface area contributed by atoms with Crippen molar-refractivity contribution in [3.8, 4) is 23.0 Å². The molecule has 0 radical (unpaired) electrons. The van der Waals surface area contributed by atoms with Gasteiger partial charge < -0.3 is 13.9 Å². The van der Waals surface area contributed by atoms with Crippen LogP contribution < -0.4 is 14.8 Å². The molecule has 142 valence electrons. The number of hydrogen-bond acceptors (Lipinski definition) is 7. The van der Waals surface area contributed by atoms with Gasteiger partial charge in [0.05, 0.1) is 19.8 Å². The van der Waals surface area contributed by atoms with Crippen molar-refractivity contribution in [3.05, 3.63) is 35.7 Å². The molecule has 0 fully saturated rings. The molecule has 1 amide bonds. The Bertz CT molecular complexity index is 961. The van der Waals surface area contributed by atoms with Gasteiger partial charge in [0.15, 0.2) is 5.69 Å². The van der Waals surface area contributed by atoms with E-state index < -0.39 is 5.91 Å². The number of benzene rings is 1. The third kappa shape index (κ3) is 3.76. The number of aromatic nitrogens is 4. The van der Waals surface area contributed by atoms with Crippen molar-refractivity contribution in [2.24, 2.45) is 0 Å². The molecule has 9 heteroatoms. The second kappa shape index (κ2) is 7.48. The Labute approximate surface area is 156 Å². The number of carbonyl (C=O) groups excluding carboxylic acids is 1. The van der Waals surface area contributed by atoms with Crippen molar-refractivity contribution in [1.82, 2.24) is 20.0 Å². The van der Waals surface area contributed by atoms with Crippen LogP contribution in [0.4, 0.5) is 6.01 Å². The molecule has 0 saturated heterocycles. The zero-order chi connectivity index (χ0) is 19.6. The molecule has 0 aliphatic carbocycles. The third-order valence-corrected chi connectivity index (χ3v) is 3.93. The van der Waals surface area contributed by atoms with Crippen LogP contribution in [0, 0.1) is 6.92 Å². The summed E-state index contributed by atoms with van der Waals surface area (Å²) in [7, 11) is 3.10. The van der Waals surface area contributed by atoms with Crippen LogP contribution in [0.15, 0.2) is 28.7 Å². The fraction of sp³-hybridized carbons (Fsp3) is 0.333. The predicted molar refractivity (Wildman–Crippen MR) is 98.1 cm³/mol. The number of nitrogens with one attached hydrogen (secondary N) is 1. The summed E-state index contributed by atoms with van der Waals surface area (Å²) in [5.41, 5.74) is 1.76. The van der Waals surface area contributed by atoms with Gasteiger partial charge >= 0.3 is 6.01 Å². The van der Waals surface area contributed by atoms with Crippen molar-refractivity contribution in [2.45, 2.75) is 26.8 Å². The summed E-state index contributed by atoms with van der Waals surface area (Å²) in [6, 6.07) is 7.04. The second-order valence-electron chi connectivity index (χ2n) is 6.14. The molecule has 2 aromatic heterocycles. The lowest BCUT2D eigenvalue weighted by Crippen LogP contribution is -2.14. The molecule has 0 aliphatic heterocycles. The van der Waals surface area contributed by atoms with E-state index >= 15 is 0 Å². The molecule has 1 aromatic carbocycles. The number of ether oxygens (including phenoxy) is 2. The van der Waals surface area contributed by atoms with Crippen LogP contribution in [0.1, 0.15) is 36.1 Å². The van der Waals surface area contributed by atoms with E-state index in [-0.39, 0.29) is 23.6 Å². The fourth-order valence-electron chi connectivity index (χ4n) is 2.64. The first kappa shape index (κ1) is 18.4. The summed E-state index contributed by atoms with van der Waals surface area (Å²) in [6.07, 6.45) is 0. The molecule has 27 heavy (non-hydrogen) atoms. The van der Waals surface area contributed by atoms with Crippen LogP contribution in [0.2, 0.25) is 0 Å². The highest BCUT2D eigenvalue weighted by Crippen LogP contribution is 2.33. The van der Waals surface area contributed by atoms with Gasteiger partial charge in [0.2, 0.25) is 0 Å². The highest BCUT2D eigenvalue weighted by atomic mass is 16.5. The molecular weight excluding hydrogens is 350 g/mol. The predicted octanol–water partition coefficient (Wildman–Crippen LogP) is 3.09. The van der Waals surface area contributed by atoms with E-state index in [9.17, 15) is 4.79 Å². The van der Waals surface area contributed by atoms with Crippen molar-refractivity contribution >= 4 is 11.9 Å². The maximum absolute atomic E-state index is 12.4. The smallest absolute Gasteiger partial charge is 0.322 e. The molecular formula is C18H21N5O4. The Morgan fingerprint density at radius 3 is 2.59 bits per heavy atom. The summed E-state index contributed by atoms with van der Waals surface area (Å²) < 4.78 is 17.8. The van der Waals surface area contributed by atoms with Crippen LogP contribution in [0.5, 0.6) is 11.5 Å². The van der Waals surface area contributed by atoms with Crippen LogP contribution in [0.3, 0.4) is 0 Å². The van der Waals surface area contributed by atoms with E-state index in [0.29, 0.717) is 17.1 Å². The topological polar surface area (TPSA) is 104 Å². The number of aryl methyl sites for hydroxylation is 1. The Morgan fingerprint density at radius 1 is 1.19 bits per heavy atom. The first-order valence-corrected chi connectivity index (χ1v) is 8.36. The van der Waals surface area contributed by atoms with Gasteiger partial charge in [-0.05, 0) is 39.0 Å². The lowest BCUT2D eigenvalue weighted by atomic mass is 10.2. The van der Waals surface area contributed by atoms with Crippen molar-refractivity contribution in [2.75, 3.05) is 19.5 Å². The lowest BCUT2D eigenvalue weighted by Gasteiger charge is -2.07. The lowest BCUT2D eigenvalue weighted by molar-refractivity contribution is 0.101. The average Bonchev–Trinajstić information content (AvgIpc) is 3.27. The minimum absolute atomic E-state index is 0.0235. The molecule has 3 aromatic rings. The zero-order valence-electron chi connectivity index (χ0n) is 15.8. The van der Waals surface area contributed by atoms with Crippen molar-refractivity contribution < 1.29 is 18.7 Å². The molecule has 3 rings (SSSR count). The maximum Gasteiger partial charge on any atom is 0.322 e. The summed E-state index contributed by atoms with van der Waals surface area (Å²) in [6.45, 7) is 5.88. The number of anilines is 1. The molecule has 0 unspecified atom stereocenters. The standard InChI is InChI=1S/C18H21N5O4/c1-10(2)23-11(3)8-14(22-23)16(24)19-18-21-20-17(27-18)13-7-6-12(25-4)9-15(13)26-5/h6-10H,1-5H3,(H,19,21,24). The Hall–Kier alpha value is -3.36. The minimum Gasteiger partial charge on any atom is -0.497 e. The van der Waals surface area contributed by atoms with E-state index in [1.165, 1.54) is 7.11 Å². The average molecular weight is 371 g/mol. The number of rotatable bonds is 6. The summed E-state index contributed by atoms with van der Waals surface area (Å²) >= 11 is 0. The molecule has 0 atom stereocenters. The third-order valence-electron chi connectivity index (χ3n) is 3.93. The number of hydrogen-bond donors (Lipinski definition) is 1.